The average Bonchev–Trinajstić information content (AvgIpc) is 2.79. The summed E-state index contributed by atoms with van der Waals surface area (Å²) in [5.74, 6) is 1.09. The zero-order chi connectivity index (χ0) is 14.2. The van der Waals surface area contributed by atoms with Gasteiger partial charge in [-0.2, -0.15) is 5.10 Å². The zero-order valence-electron chi connectivity index (χ0n) is 12.7. The Kier molecular flexibility index (Phi) is 6.42. The molecule has 6 heteroatoms. The second-order valence-electron chi connectivity index (χ2n) is 5.46. The number of aryl methyl sites for hydroxylation is 1. The van der Waals surface area contributed by atoms with Crippen LogP contribution < -0.4 is 5.73 Å². The number of rotatable bonds is 7. The fourth-order valence-electron chi connectivity index (χ4n) is 2.76. The van der Waals surface area contributed by atoms with Crippen molar-refractivity contribution in [3.8, 4) is 0 Å². The largest absolute Gasteiger partial charge is 0.330 e. The molecule has 2 rings (SSSR count). The molecule has 1 aromatic rings. The van der Waals surface area contributed by atoms with E-state index >= 15 is 0 Å². The third kappa shape index (κ3) is 4.54. The van der Waals surface area contributed by atoms with Gasteiger partial charge in [-0.3, -0.25) is 4.90 Å². The molecule has 0 aromatic carbocycles. The highest BCUT2D eigenvalue weighted by atomic mass is 15.3. The second-order valence-corrected chi connectivity index (χ2v) is 5.46. The van der Waals surface area contributed by atoms with E-state index in [1.54, 1.807) is 6.33 Å². The molecule has 1 aromatic heterocycles. The Hall–Kier alpha value is -0.980. The molecule has 114 valence electrons. The van der Waals surface area contributed by atoms with E-state index in [0.717, 1.165) is 51.5 Å². The molecule has 6 nitrogen and oxygen atoms in total. The zero-order valence-corrected chi connectivity index (χ0v) is 12.7. The monoisotopic (exact) mass is 280 g/mol. The summed E-state index contributed by atoms with van der Waals surface area (Å²) in [7, 11) is 0. The molecule has 0 atom stereocenters. The highest BCUT2D eigenvalue weighted by Crippen LogP contribution is 2.08. The van der Waals surface area contributed by atoms with Crippen LogP contribution in [0.3, 0.4) is 0 Å². The van der Waals surface area contributed by atoms with Crippen LogP contribution in [0.1, 0.15) is 32.0 Å². The molecule has 0 spiro atoms. The van der Waals surface area contributed by atoms with Gasteiger partial charge in [-0.15, -0.1) is 0 Å². The van der Waals surface area contributed by atoms with Crippen LogP contribution in [-0.2, 0) is 13.1 Å². The van der Waals surface area contributed by atoms with Crippen molar-refractivity contribution in [2.24, 2.45) is 5.73 Å². The normalized spacial score (nSPS) is 18.3. The molecule has 1 saturated heterocycles. The van der Waals surface area contributed by atoms with Gasteiger partial charge in [-0.25, -0.2) is 9.67 Å². The minimum atomic E-state index is 0.812. The van der Waals surface area contributed by atoms with Gasteiger partial charge >= 0.3 is 0 Å². The molecule has 2 N–H and O–H groups in total. The van der Waals surface area contributed by atoms with Crippen LogP contribution >= 0.6 is 0 Å². The van der Waals surface area contributed by atoms with E-state index in [1.165, 1.54) is 25.9 Å². The summed E-state index contributed by atoms with van der Waals surface area (Å²) in [6.45, 7) is 10.6. The molecule has 1 aliphatic rings. The predicted molar refractivity (Wildman–Crippen MR) is 80.3 cm³/mol. The van der Waals surface area contributed by atoms with Crippen molar-refractivity contribution in [3.63, 3.8) is 0 Å². The van der Waals surface area contributed by atoms with Gasteiger partial charge in [0.15, 0.2) is 0 Å². The van der Waals surface area contributed by atoms with E-state index in [2.05, 4.69) is 26.8 Å². The molecule has 0 bridgehead atoms. The van der Waals surface area contributed by atoms with Gasteiger partial charge in [0.1, 0.15) is 12.2 Å². The van der Waals surface area contributed by atoms with Crippen LogP contribution in [0, 0.1) is 0 Å². The van der Waals surface area contributed by atoms with Crippen molar-refractivity contribution in [1.82, 2.24) is 24.6 Å². The molecular formula is C14H28N6. The summed E-state index contributed by atoms with van der Waals surface area (Å²) in [4.78, 5) is 9.44. The summed E-state index contributed by atoms with van der Waals surface area (Å²) in [6.07, 6.45) is 5.26. The minimum Gasteiger partial charge on any atom is -0.330 e. The van der Waals surface area contributed by atoms with Gasteiger partial charge in [0.05, 0.1) is 6.54 Å². The molecule has 0 amide bonds. The molecule has 2 heterocycles. The maximum Gasteiger partial charge on any atom is 0.140 e. The van der Waals surface area contributed by atoms with Crippen molar-refractivity contribution >= 4 is 0 Å². The molecule has 1 fully saturated rings. The fourth-order valence-corrected chi connectivity index (χ4v) is 2.76. The number of hydrogen-bond acceptors (Lipinski definition) is 5. The topological polar surface area (TPSA) is 63.2 Å². The fraction of sp³-hybridized carbons (Fsp3) is 0.857. The van der Waals surface area contributed by atoms with Crippen LogP contribution in [0.4, 0.5) is 0 Å². The van der Waals surface area contributed by atoms with E-state index < -0.39 is 0 Å². The lowest BCUT2D eigenvalue weighted by Gasteiger charge is -2.21. The lowest BCUT2D eigenvalue weighted by Crippen LogP contribution is -2.32. The molecular weight excluding hydrogens is 252 g/mol. The summed E-state index contributed by atoms with van der Waals surface area (Å²) in [6, 6.07) is 0. The van der Waals surface area contributed by atoms with E-state index in [1.807, 2.05) is 4.68 Å². The highest BCUT2D eigenvalue weighted by Gasteiger charge is 2.16. The Labute approximate surface area is 121 Å². The van der Waals surface area contributed by atoms with Crippen molar-refractivity contribution in [1.29, 1.82) is 0 Å². The number of nitrogens with two attached hydrogens (primary N) is 1. The maximum absolute atomic E-state index is 5.56. The first-order chi connectivity index (χ1) is 9.83. The smallest absolute Gasteiger partial charge is 0.140 e. The molecule has 20 heavy (non-hydrogen) atoms. The standard InChI is InChI=1S/C14H28N6/c1-2-20-14(16-13-17-20)12-19-9-5-8-18(10-11-19)7-4-3-6-15/h13H,2-12,15H2,1H3. The third-order valence-corrected chi connectivity index (χ3v) is 3.97. The lowest BCUT2D eigenvalue weighted by atomic mass is 10.3. The molecule has 1 aliphatic heterocycles. The van der Waals surface area contributed by atoms with Gasteiger partial charge in [0.25, 0.3) is 0 Å². The number of unbranched alkanes of at least 4 members (excludes halogenated alkanes) is 1. The Bertz CT molecular complexity index is 377. The molecule has 0 unspecified atom stereocenters. The maximum atomic E-state index is 5.56. The summed E-state index contributed by atoms with van der Waals surface area (Å²) < 4.78 is 1.99. The number of hydrogen-bond donors (Lipinski definition) is 1. The van der Waals surface area contributed by atoms with Crippen molar-refractivity contribution in [2.45, 2.75) is 39.3 Å². The Morgan fingerprint density at radius 2 is 1.95 bits per heavy atom. The van der Waals surface area contributed by atoms with Crippen LogP contribution in [0.15, 0.2) is 6.33 Å². The van der Waals surface area contributed by atoms with Crippen LogP contribution in [0.2, 0.25) is 0 Å². The van der Waals surface area contributed by atoms with Gasteiger partial charge in [0.2, 0.25) is 0 Å². The van der Waals surface area contributed by atoms with Crippen LogP contribution in [-0.4, -0.2) is 63.8 Å². The lowest BCUT2D eigenvalue weighted by molar-refractivity contribution is 0.243. The van der Waals surface area contributed by atoms with Gasteiger partial charge < -0.3 is 10.6 Å². The average molecular weight is 280 g/mol. The Morgan fingerprint density at radius 1 is 1.15 bits per heavy atom. The third-order valence-electron chi connectivity index (χ3n) is 3.97. The number of aromatic nitrogens is 3. The van der Waals surface area contributed by atoms with E-state index in [9.17, 15) is 0 Å². The van der Waals surface area contributed by atoms with Gasteiger partial charge in [-0.05, 0) is 52.4 Å². The molecule has 0 aliphatic carbocycles. The molecule has 0 saturated carbocycles. The first kappa shape index (κ1) is 15.4. The summed E-state index contributed by atoms with van der Waals surface area (Å²) in [5.41, 5.74) is 5.56. The molecule has 0 radical (unpaired) electrons. The van der Waals surface area contributed by atoms with Crippen LogP contribution in [0.5, 0.6) is 0 Å². The van der Waals surface area contributed by atoms with E-state index in [-0.39, 0.29) is 0 Å². The van der Waals surface area contributed by atoms with Gasteiger partial charge in [-0.1, -0.05) is 0 Å². The predicted octanol–water partition coefficient (Wildman–Crippen LogP) is 0.545. The van der Waals surface area contributed by atoms with E-state index in [0.29, 0.717) is 0 Å². The van der Waals surface area contributed by atoms with Crippen molar-refractivity contribution < 1.29 is 0 Å². The van der Waals surface area contributed by atoms with Crippen molar-refractivity contribution in [3.05, 3.63) is 12.2 Å². The Morgan fingerprint density at radius 3 is 2.75 bits per heavy atom. The number of nitrogens with zero attached hydrogens (tertiary/aromatic N) is 5. The summed E-state index contributed by atoms with van der Waals surface area (Å²) in [5, 5.41) is 4.25. The van der Waals surface area contributed by atoms with Gasteiger partial charge in [0, 0.05) is 19.6 Å². The second kappa shape index (κ2) is 8.34. The summed E-state index contributed by atoms with van der Waals surface area (Å²) >= 11 is 0. The SMILES string of the molecule is CCn1ncnc1CN1CCCN(CCCCN)CC1. The Balaban J connectivity index is 1.77. The van der Waals surface area contributed by atoms with Crippen molar-refractivity contribution in [2.75, 3.05) is 39.3 Å². The minimum absolute atomic E-state index is 0.812. The quantitative estimate of drug-likeness (QED) is 0.739. The van der Waals surface area contributed by atoms with Crippen LogP contribution in [0.25, 0.3) is 0 Å². The first-order valence-corrected chi connectivity index (χ1v) is 7.85. The first-order valence-electron chi connectivity index (χ1n) is 7.85. The highest BCUT2D eigenvalue weighted by molar-refractivity contribution is 4.85. The van der Waals surface area contributed by atoms with E-state index in [4.69, 9.17) is 5.73 Å².